The molecule has 0 fully saturated rings. The molecule has 1 aliphatic rings. The van der Waals surface area contributed by atoms with Crippen molar-refractivity contribution in [2.24, 2.45) is 5.92 Å². The van der Waals surface area contributed by atoms with Gasteiger partial charge in [-0.15, -0.1) is 12.4 Å². The minimum absolute atomic E-state index is 0. The molecule has 1 unspecified atom stereocenters. The monoisotopic (exact) mass is 248 g/mol. The molecule has 1 aromatic heterocycles. The Labute approximate surface area is 108 Å². The van der Waals surface area contributed by atoms with Crippen molar-refractivity contribution >= 4 is 12.4 Å². The number of H-pyrrole nitrogens is 1. The summed E-state index contributed by atoms with van der Waals surface area (Å²) in [6.45, 7) is 2.28. The summed E-state index contributed by atoms with van der Waals surface area (Å²) in [6, 6.07) is 8.80. The van der Waals surface area contributed by atoms with Crippen LogP contribution in [0.4, 0.5) is 0 Å². The summed E-state index contributed by atoms with van der Waals surface area (Å²) in [5.41, 5.74) is 4.25. The van der Waals surface area contributed by atoms with Gasteiger partial charge in [-0.1, -0.05) is 37.6 Å². The molecule has 0 aliphatic heterocycles. The van der Waals surface area contributed by atoms with E-state index in [0.29, 0.717) is 5.92 Å². The Hall–Kier alpha value is -1.28. The van der Waals surface area contributed by atoms with Crippen LogP contribution in [0.3, 0.4) is 0 Å². The molecule has 2 nitrogen and oxygen atoms in total. The summed E-state index contributed by atoms with van der Waals surface area (Å²) in [5.74, 6) is 1.24. The van der Waals surface area contributed by atoms with E-state index in [1.165, 1.54) is 29.7 Å². The molecule has 0 bridgehead atoms. The predicted octanol–water partition coefficient (Wildman–Crippen LogP) is 3.55. The van der Waals surface area contributed by atoms with Crippen molar-refractivity contribution in [2.45, 2.75) is 25.7 Å². The fraction of sp³-hybridized carbons (Fsp3) is 0.357. The molecule has 1 aromatic carbocycles. The molecule has 0 amide bonds. The number of fused-ring (bicyclic) bond motifs is 1. The number of benzene rings is 1. The van der Waals surface area contributed by atoms with Crippen LogP contribution in [0, 0.1) is 5.92 Å². The number of imidazole rings is 1. The molecule has 1 aliphatic carbocycles. The van der Waals surface area contributed by atoms with Crippen molar-refractivity contribution < 1.29 is 0 Å². The maximum atomic E-state index is 4.15. The van der Waals surface area contributed by atoms with Gasteiger partial charge in [-0.05, 0) is 23.5 Å². The number of hydrogen-bond donors (Lipinski definition) is 1. The lowest BCUT2D eigenvalue weighted by atomic mass is 9.88. The molecular formula is C14H17ClN2. The van der Waals surface area contributed by atoms with E-state index >= 15 is 0 Å². The Bertz CT molecular complexity index is 479. The highest BCUT2D eigenvalue weighted by Crippen LogP contribution is 2.42. The molecule has 0 radical (unpaired) electrons. The van der Waals surface area contributed by atoms with Gasteiger partial charge in [0, 0.05) is 17.8 Å². The van der Waals surface area contributed by atoms with Gasteiger partial charge < -0.3 is 4.98 Å². The van der Waals surface area contributed by atoms with Crippen LogP contribution in [0.1, 0.15) is 36.1 Å². The predicted molar refractivity (Wildman–Crippen MR) is 71.6 cm³/mol. The molecule has 3 heteroatoms. The highest BCUT2D eigenvalue weighted by Gasteiger charge is 2.32. The molecular weight excluding hydrogens is 232 g/mol. The van der Waals surface area contributed by atoms with Crippen molar-refractivity contribution in [1.29, 1.82) is 0 Å². The van der Waals surface area contributed by atoms with Crippen molar-refractivity contribution in [1.82, 2.24) is 9.97 Å². The summed E-state index contributed by atoms with van der Waals surface area (Å²) in [6.07, 6.45) is 6.17. The van der Waals surface area contributed by atoms with Crippen LogP contribution in [-0.2, 0) is 6.42 Å². The maximum Gasteiger partial charge on any atom is 0.0921 e. The van der Waals surface area contributed by atoms with Gasteiger partial charge in [0.25, 0.3) is 0 Å². The zero-order valence-corrected chi connectivity index (χ0v) is 10.7. The van der Waals surface area contributed by atoms with Gasteiger partial charge in [-0.3, -0.25) is 0 Å². The zero-order chi connectivity index (χ0) is 11.0. The Morgan fingerprint density at radius 3 is 2.88 bits per heavy atom. The van der Waals surface area contributed by atoms with Crippen molar-refractivity contribution in [3.63, 3.8) is 0 Å². The van der Waals surface area contributed by atoms with Crippen LogP contribution in [0.5, 0.6) is 0 Å². The number of nitrogens with one attached hydrogen (secondary N) is 1. The molecule has 1 N–H and O–H groups in total. The van der Waals surface area contributed by atoms with E-state index in [4.69, 9.17) is 0 Å². The summed E-state index contributed by atoms with van der Waals surface area (Å²) < 4.78 is 0. The van der Waals surface area contributed by atoms with Gasteiger partial charge in [-0.2, -0.15) is 0 Å². The molecule has 90 valence electrons. The number of aromatic nitrogens is 2. The second-order valence-electron chi connectivity index (χ2n) is 4.56. The average Bonchev–Trinajstić information content (AvgIpc) is 2.94. The molecule has 2 aromatic rings. The lowest BCUT2D eigenvalue weighted by Crippen LogP contribution is -2.08. The standard InChI is InChI=1S/C14H16N2.ClH/c1-2-10-7-11-5-3-4-6-12(11)14(10)13-8-15-9-16-13;/h3-6,8-10,14H,2,7H2,1H3,(H,15,16);1H/t10?,14-;/m1./s1. The zero-order valence-electron chi connectivity index (χ0n) is 9.89. The molecule has 0 saturated carbocycles. The van der Waals surface area contributed by atoms with Gasteiger partial charge in [0.15, 0.2) is 0 Å². The topological polar surface area (TPSA) is 28.7 Å². The minimum Gasteiger partial charge on any atom is -0.348 e. The van der Waals surface area contributed by atoms with Crippen LogP contribution in [0.2, 0.25) is 0 Å². The highest BCUT2D eigenvalue weighted by molar-refractivity contribution is 5.85. The summed E-state index contributed by atoms with van der Waals surface area (Å²) >= 11 is 0. The van der Waals surface area contributed by atoms with E-state index in [9.17, 15) is 0 Å². The molecule has 0 spiro atoms. The normalized spacial score (nSPS) is 21.9. The first-order chi connectivity index (χ1) is 7.90. The summed E-state index contributed by atoms with van der Waals surface area (Å²) in [5, 5.41) is 0. The number of aromatic amines is 1. The number of hydrogen-bond acceptors (Lipinski definition) is 1. The minimum atomic E-state index is 0. The fourth-order valence-corrected chi connectivity index (χ4v) is 2.92. The van der Waals surface area contributed by atoms with Crippen molar-refractivity contribution in [2.75, 3.05) is 0 Å². The molecule has 0 saturated heterocycles. The molecule has 1 heterocycles. The quantitative estimate of drug-likeness (QED) is 0.865. The van der Waals surface area contributed by atoms with Crippen LogP contribution in [-0.4, -0.2) is 9.97 Å². The average molecular weight is 249 g/mol. The highest BCUT2D eigenvalue weighted by atomic mass is 35.5. The lowest BCUT2D eigenvalue weighted by molar-refractivity contribution is 0.482. The fourth-order valence-electron chi connectivity index (χ4n) is 2.92. The largest absolute Gasteiger partial charge is 0.348 e. The first-order valence-corrected chi connectivity index (χ1v) is 5.96. The third kappa shape index (κ3) is 1.98. The second-order valence-corrected chi connectivity index (χ2v) is 4.56. The van der Waals surface area contributed by atoms with Crippen LogP contribution in [0.25, 0.3) is 0 Å². The molecule has 3 rings (SSSR count). The van der Waals surface area contributed by atoms with Gasteiger partial charge in [0.2, 0.25) is 0 Å². The first-order valence-electron chi connectivity index (χ1n) is 5.96. The van der Waals surface area contributed by atoms with E-state index in [0.717, 1.165) is 5.92 Å². The SMILES string of the molecule is CCC1Cc2ccccc2[C@@H]1c1cnc[nH]1.Cl. The summed E-state index contributed by atoms with van der Waals surface area (Å²) in [7, 11) is 0. The van der Waals surface area contributed by atoms with E-state index in [2.05, 4.69) is 41.2 Å². The molecule has 2 atom stereocenters. The van der Waals surface area contributed by atoms with Gasteiger partial charge >= 0.3 is 0 Å². The summed E-state index contributed by atoms with van der Waals surface area (Å²) in [4.78, 5) is 7.43. The third-order valence-corrected chi connectivity index (χ3v) is 3.72. The van der Waals surface area contributed by atoms with Gasteiger partial charge in [0.1, 0.15) is 0 Å². The number of halogens is 1. The van der Waals surface area contributed by atoms with Crippen molar-refractivity contribution in [3.05, 3.63) is 53.6 Å². The van der Waals surface area contributed by atoms with Crippen LogP contribution in [0.15, 0.2) is 36.8 Å². The Morgan fingerprint density at radius 1 is 1.35 bits per heavy atom. The van der Waals surface area contributed by atoms with E-state index < -0.39 is 0 Å². The van der Waals surface area contributed by atoms with Crippen molar-refractivity contribution in [3.8, 4) is 0 Å². The Kier molecular flexibility index (Phi) is 3.53. The van der Waals surface area contributed by atoms with Gasteiger partial charge in [0.05, 0.1) is 6.33 Å². The lowest BCUT2D eigenvalue weighted by Gasteiger charge is -2.17. The maximum absolute atomic E-state index is 4.15. The van der Waals surface area contributed by atoms with Gasteiger partial charge in [-0.25, -0.2) is 4.98 Å². The molecule has 17 heavy (non-hydrogen) atoms. The Morgan fingerprint density at radius 2 is 2.18 bits per heavy atom. The van der Waals surface area contributed by atoms with E-state index in [1.807, 2.05) is 6.20 Å². The first kappa shape index (κ1) is 12.2. The number of nitrogens with zero attached hydrogens (tertiary/aromatic N) is 1. The van der Waals surface area contributed by atoms with Crippen LogP contribution < -0.4 is 0 Å². The smallest absolute Gasteiger partial charge is 0.0921 e. The van der Waals surface area contributed by atoms with E-state index in [1.54, 1.807) is 6.33 Å². The number of rotatable bonds is 2. The third-order valence-electron chi connectivity index (χ3n) is 3.72. The second kappa shape index (κ2) is 4.92. The Balaban J connectivity index is 0.00000108. The van der Waals surface area contributed by atoms with E-state index in [-0.39, 0.29) is 12.4 Å². The van der Waals surface area contributed by atoms with Crippen LogP contribution >= 0.6 is 12.4 Å².